The molecule has 8 heteroatoms. The van der Waals surface area contributed by atoms with Gasteiger partial charge in [0.1, 0.15) is 12.2 Å². The Labute approximate surface area is 202 Å². The van der Waals surface area contributed by atoms with E-state index < -0.39 is 23.3 Å². The lowest BCUT2D eigenvalue weighted by Crippen LogP contribution is -2.31. The standard InChI is InChI=1S/C27H26N2O6/c1-27(2,3)35-24(31)12-17-8-4-5-9-18(17)14-29-15-21(20-10-6-7-11-22(20)29)25(32)26(33)28-19-13-23(30)34-16-19/h4-11,13,15H,12,14,16H2,1-3H3,(H,28,33). The van der Waals surface area contributed by atoms with Gasteiger partial charge < -0.3 is 19.4 Å². The number of fused-ring (bicyclic) bond motifs is 1. The highest BCUT2D eigenvalue weighted by Gasteiger charge is 2.25. The minimum absolute atomic E-state index is 0.0754. The third-order valence-electron chi connectivity index (χ3n) is 5.39. The molecule has 35 heavy (non-hydrogen) atoms. The molecule has 2 aromatic carbocycles. The number of hydrogen-bond acceptors (Lipinski definition) is 6. The summed E-state index contributed by atoms with van der Waals surface area (Å²) in [6.45, 7) is 5.79. The van der Waals surface area contributed by atoms with Crippen molar-refractivity contribution in [2.45, 2.75) is 39.3 Å². The summed E-state index contributed by atoms with van der Waals surface area (Å²) in [5, 5.41) is 3.08. The zero-order valence-corrected chi connectivity index (χ0v) is 19.8. The van der Waals surface area contributed by atoms with Crippen LogP contribution in [-0.4, -0.2) is 40.4 Å². The SMILES string of the molecule is CC(C)(C)OC(=O)Cc1ccccc1Cn1cc(C(=O)C(=O)NC2=CC(=O)OC2)c2ccccc21. The number of carbonyl (C=O) groups excluding carboxylic acids is 4. The highest BCUT2D eigenvalue weighted by molar-refractivity contribution is 6.45. The molecular formula is C27H26N2O6. The molecule has 1 N–H and O–H groups in total. The van der Waals surface area contributed by atoms with Crippen LogP contribution < -0.4 is 5.32 Å². The molecule has 0 fully saturated rings. The molecule has 0 aliphatic carbocycles. The summed E-state index contributed by atoms with van der Waals surface area (Å²) in [6, 6.07) is 14.8. The van der Waals surface area contributed by atoms with Gasteiger partial charge in [-0.05, 0) is 38.0 Å². The zero-order chi connectivity index (χ0) is 25.2. The molecule has 0 bridgehead atoms. The summed E-state index contributed by atoms with van der Waals surface area (Å²) < 4.78 is 12.1. The van der Waals surface area contributed by atoms with Gasteiger partial charge in [0, 0.05) is 29.7 Å². The third kappa shape index (κ3) is 5.66. The average molecular weight is 475 g/mol. The van der Waals surface area contributed by atoms with Crippen LogP contribution >= 0.6 is 0 Å². The molecule has 0 saturated carbocycles. The summed E-state index contributed by atoms with van der Waals surface area (Å²) in [7, 11) is 0. The lowest BCUT2D eigenvalue weighted by atomic mass is 10.0. The van der Waals surface area contributed by atoms with Gasteiger partial charge in [0.2, 0.25) is 0 Å². The smallest absolute Gasteiger partial charge is 0.333 e. The molecule has 2 heterocycles. The number of ketones is 1. The highest BCUT2D eigenvalue weighted by Crippen LogP contribution is 2.24. The van der Waals surface area contributed by atoms with Crippen molar-refractivity contribution in [3.63, 3.8) is 0 Å². The molecule has 0 unspecified atom stereocenters. The van der Waals surface area contributed by atoms with Gasteiger partial charge in [0.15, 0.2) is 0 Å². The molecule has 3 aromatic rings. The van der Waals surface area contributed by atoms with Crippen molar-refractivity contribution in [3.8, 4) is 0 Å². The second kappa shape index (κ2) is 9.58. The number of ether oxygens (including phenoxy) is 2. The number of benzene rings is 2. The monoisotopic (exact) mass is 474 g/mol. The summed E-state index contributed by atoms with van der Waals surface area (Å²) in [6.07, 6.45) is 2.91. The topological polar surface area (TPSA) is 104 Å². The van der Waals surface area contributed by atoms with E-state index in [9.17, 15) is 19.2 Å². The molecule has 4 rings (SSSR count). The molecule has 1 aliphatic heterocycles. The predicted octanol–water partition coefficient (Wildman–Crippen LogP) is 3.31. The van der Waals surface area contributed by atoms with E-state index in [1.807, 2.05) is 61.7 Å². The molecular weight excluding hydrogens is 448 g/mol. The fourth-order valence-electron chi connectivity index (χ4n) is 3.93. The number of rotatable bonds is 7. The van der Waals surface area contributed by atoms with Gasteiger partial charge in [0.25, 0.3) is 11.7 Å². The van der Waals surface area contributed by atoms with E-state index >= 15 is 0 Å². The van der Waals surface area contributed by atoms with Crippen molar-refractivity contribution in [2.75, 3.05) is 6.61 Å². The summed E-state index contributed by atoms with van der Waals surface area (Å²) >= 11 is 0. The minimum atomic E-state index is -0.845. The molecule has 180 valence electrons. The van der Waals surface area contributed by atoms with Crippen molar-refractivity contribution in [1.82, 2.24) is 9.88 Å². The molecule has 1 aromatic heterocycles. The van der Waals surface area contributed by atoms with Crippen LogP contribution in [-0.2, 0) is 36.8 Å². The number of amides is 1. The number of Topliss-reactive ketones (excluding diaryl/α,β-unsaturated/α-hetero) is 1. The van der Waals surface area contributed by atoms with Crippen LogP contribution in [0.4, 0.5) is 0 Å². The first-order valence-electron chi connectivity index (χ1n) is 11.2. The van der Waals surface area contributed by atoms with Crippen LogP contribution in [0.5, 0.6) is 0 Å². The van der Waals surface area contributed by atoms with Crippen LogP contribution in [0.2, 0.25) is 0 Å². The first kappa shape index (κ1) is 23.9. The number of hydrogen-bond donors (Lipinski definition) is 1. The zero-order valence-electron chi connectivity index (χ0n) is 19.8. The number of nitrogens with one attached hydrogen (secondary N) is 1. The van der Waals surface area contributed by atoms with Crippen LogP contribution in [0.3, 0.4) is 0 Å². The number of esters is 2. The van der Waals surface area contributed by atoms with Crippen molar-refractivity contribution in [2.24, 2.45) is 0 Å². The Hall–Kier alpha value is -4.20. The molecule has 0 saturated heterocycles. The van der Waals surface area contributed by atoms with E-state index in [4.69, 9.17) is 9.47 Å². The Bertz CT molecular complexity index is 1360. The van der Waals surface area contributed by atoms with E-state index in [1.54, 1.807) is 18.3 Å². The molecule has 0 spiro atoms. The average Bonchev–Trinajstić information content (AvgIpc) is 3.36. The number of carbonyl (C=O) groups is 4. The molecule has 0 atom stereocenters. The summed E-state index contributed by atoms with van der Waals surface area (Å²) in [5.74, 6) is -2.45. The van der Waals surface area contributed by atoms with Crippen LogP contribution in [0, 0.1) is 0 Å². The van der Waals surface area contributed by atoms with Crippen molar-refractivity contribution in [3.05, 3.63) is 83.2 Å². The van der Waals surface area contributed by atoms with Gasteiger partial charge in [-0.2, -0.15) is 0 Å². The van der Waals surface area contributed by atoms with Gasteiger partial charge in [-0.3, -0.25) is 14.4 Å². The maximum atomic E-state index is 13.0. The lowest BCUT2D eigenvalue weighted by molar-refractivity contribution is -0.154. The molecule has 1 amide bonds. The number of cyclic esters (lactones) is 1. The largest absolute Gasteiger partial charge is 0.460 e. The number of nitrogens with zero attached hydrogens (tertiary/aromatic N) is 1. The van der Waals surface area contributed by atoms with Gasteiger partial charge in [-0.15, -0.1) is 0 Å². The van der Waals surface area contributed by atoms with Crippen LogP contribution in [0.1, 0.15) is 42.3 Å². The Morgan fingerprint density at radius 3 is 2.40 bits per heavy atom. The van der Waals surface area contributed by atoms with Crippen LogP contribution in [0.25, 0.3) is 10.9 Å². The second-order valence-corrected chi connectivity index (χ2v) is 9.28. The van der Waals surface area contributed by atoms with Gasteiger partial charge in [-0.25, -0.2) is 4.79 Å². The Morgan fingerprint density at radius 1 is 1.03 bits per heavy atom. The van der Waals surface area contributed by atoms with E-state index in [1.165, 1.54) is 0 Å². The van der Waals surface area contributed by atoms with Gasteiger partial charge >= 0.3 is 11.9 Å². The fraction of sp³-hybridized carbons (Fsp3) is 0.259. The van der Waals surface area contributed by atoms with Crippen molar-refractivity contribution in [1.29, 1.82) is 0 Å². The third-order valence-corrected chi connectivity index (χ3v) is 5.39. The van der Waals surface area contributed by atoms with Crippen molar-refractivity contribution >= 4 is 34.5 Å². The van der Waals surface area contributed by atoms with Crippen molar-refractivity contribution < 1.29 is 28.7 Å². The molecule has 1 aliphatic rings. The molecule has 0 radical (unpaired) electrons. The first-order valence-corrected chi connectivity index (χ1v) is 11.2. The summed E-state index contributed by atoms with van der Waals surface area (Å²) in [5.41, 5.74) is 2.40. The van der Waals surface area contributed by atoms with Gasteiger partial charge in [-0.1, -0.05) is 42.5 Å². The Balaban J connectivity index is 1.61. The Morgan fingerprint density at radius 2 is 1.71 bits per heavy atom. The predicted molar refractivity (Wildman–Crippen MR) is 129 cm³/mol. The minimum Gasteiger partial charge on any atom is -0.460 e. The lowest BCUT2D eigenvalue weighted by Gasteiger charge is -2.20. The maximum absolute atomic E-state index is 13.0. The first-order chi connectivity index (χ1) is 16.6. The fourth-order valence-corrected chi connectivity index (χ4v) is 3.93. The second-order valence-electron chi connectivity index (χ2n) is 9.28. The normalized spacial score (nSPS) is 13.3. The highest BCUT2D eigenvalue weighted by atomic mass is 16.6. The Kier molecular flexibility index (Phi) is 6.55. The van der Waals surface area contributed by atoms with E-state index in [2.05, 4.69) is 5.32 Å². The van der Waals surface area contributed by atoms with E-state index in [-0.39, 0.29) is 30.3 Å². The van der Waals surface area contributed by atoms with Crippen LogP contribution in [0.15, 0.2) is 66.5 Å². The quantitative estimate of drug-likeness (QED) is 0.320. The number of aromatic nitrogens is 1. The number of para-hydroxylation sites is 1. The maximum Gasteiger partial charge on any atom is 0.333 e. The van der Waals surface area contributed by atoms with Gasteiger partial charge in [0.05, 0.1) is 17.7 Å². The van der Waals surface area contributed by atoms with E-state index in [0.29, 0.717) is 11.9 Å². The molecule has 8 nitrogen and oxygen atoms in total. The summed E-state index contributed by atoms with van der Waals surface area (Å²) in [4.78, 5) is 49.2. The van der Waals surface area contributed by atoms with E-state index in [0.717, 1.165) is 22.7 Å².